The van der Waals surface area contributed by atoms with Crippen molar-refractivity contribution in [3.63, 3.8) is 0 Å². The number of amides is 7. The number of benzene rings is 4. The van der Waals surface area contributed by atoms with E-state index in [0.717, 1.165) is 46.3 Å². The first-order valence-corrected chi connectivity index (χ1v) is 30.6. The molecule has 0 radical (unpaired) electrons. The molecule has 25 heteroatoms. The number of anilines is 3. The van der Waals surface area contributed by atoms with Crippen LogP contribution in [0.3, 0.4) is 0 Å². The van der Waals surface area contributed by atoms with Gasteiger partial charge in [-0.25, -0.2) is 4.98 Å². The molecule has 4 aromatic carbocycles. The predicted octanol–water partition coefficient (Wildman–Crippen LogP) is 8.70. The summed E-state index contributed by atoms with van der Waals surface area (Å²) in [6, 6.07) is 21.4. The van der Waals surface area contributed by atoms with Crippen molar-refractivity contribution in [2.45, 2.75) is 123 Å². The molecule has 89 heavy (non-hydrogen) atoms. The monoisotopic (exact) mass is 1240 g/mol. The topological polar surface area (TPSA) is 269 Å². The van der Waals surface area contributed by atoms with Crippen molar-refractivity contribution in [1.82, 2.24) is 50.3 Å². The Labute approximate surface area is 517 Å². The zero-order chi connectivity index (χ0) is 63.6. The number of β-amino-alcohol motifs (C(OH)–C–C–N with tert-alkyl or cyclic N) is 1. The number of thiazole rings is 1. The highest BCUT2D eigenvalue weighted by Crippen LogP contribution is 2.34. The Morgan fingerprint density at radius 3 is 2.16 bits per heavy atom. The van der Waals surface area contributed by atoms with Gasteiger partial charge in [0.2, 0.25) is 35.4 Å². The third kappa shape index (κ3) is 17.1. The number of carbonyl (C=O) groups is 7. The lowest BCUT2D eigenvalue weighted by Gasteiger charge is -2.35. The first-order valence-electron chi connectivity index (χ1n) is 29.7. The van der Waals surface area contributed by atoms with Crippen LogP contribution in [0.4, 0.5) is 30.4 Å². The van der Waals surface area contributed by atoms with E-state index < -0.39 is 53.1 Å². The number of aromatic nitrogens is 5. The van der Waals surface area contributed by atoms with Crippen LogP contribution >= 0.6 is 11.3 Å². The van der Waals surface area contributed by atoms with E-state index in [1.54, 1.807) is 71.7 Å². The van der Waals surface area contributed by atoms with Gasteiger partial charge in [-0.05, 0) is 122 Å². The smallest absolute Gasteiger partial charge is 0.391 e. The summed E-state index contributed by atoms with van der Waals surface area (Å²) in [5, 5.41) is 36.7. The molecule has 21 nitrogen and oxygen atoms in total. The number of fused-ring (bicyclic) bond motifs is 1. The van der Waals surface area contributed by atoms with Crippen molar-refractivity contribution in [1.29, 1.82) is 0 Å². The molecule has 0 aliphatic carbocycles. The average Bonchev–Trinajstić information content (AvgIpc) is 2.44. The highest BCUT2D eigenvalue weighted by atomic mass is 32.1. The van der Waals surface area contributed by atoms with Crippen LogP contribution in [0.25, 0.3) is 32.5 Å². The van der Waals surface area contributed by atoms with Gasteiger partial charge in [0, 0.05) is 99.0 Å². The van der Waals surface area contributed by atoms with E-state index in [0.29, 0.717) is 85.4 Å². The van der Waals surface area contributed by atoms with E-state index in [4.69, 9.17) is 0 Å². The largest absolute Gasteiger partial charge is 0.416 e. The van der Waals surface area contributed by atoms with Crippen molar-refractivity contribution in [3.8, 4) is 21.6 Å². The summed E-state index contributed by atoms with van der Waals surface area (Å²) in [6.07, 6.45) is 0.978. The number of hydrogen-bond acceptors (Lipinski definition) is 13. The lowest BCUT2D eigenvalue weighted by Crippen LogP contribution is -2.57. The van der Waals surface area contributed by atoms with E-state index in [1.807, 2.05) is 56.9 Å². The molecule has 2 aliphatic rings. The van der Waals surface area contributed by atoms with Gasteiger partial charge in [-0.3, -0.25) is 48.2 Å². The number of nitrogens with one attached hydrogen (secondary N) is 6. The second-order valence-corrected chi connectivity index (χ2v) is 24.6. The summed E-state index contributed by atoms with van der Waals surface area (Å²) in [7, 11) is 0. The van der Waals surface area contributed by atoms with Gasteiger partial charge in [-0.15, -0.1) is 11.3 Å². The van der Waals surface area contributed by atoms with Crippen molar-refractivity contribution >= 4 is 80.8 Å². The van der Waals surface area contributed by atoms with Gasteiger partial charge in [0.05, 0.1) is 39.5 Å². The second-order valence-electron chi connectivity index (χ2n) is 23.7. The number of aliphatic hydroxyl groups is 1. The number of halogens is 3. The third-order valence-electron chi connectivity index (χ3n) is 15.9. The van der Waals surface area contributed by atoms with Crippen LogP contribution in [0.1, 0.15) is 105 Å². The van der Waals surface area contributed by atoms with Gasteiger partial charge in [0.25, 0.3) is 5.91 Å². The van der Waals surface area contributed by atoms with E-state index in [9.17, 15) is 51.8 Å². The molecule has 0 unspecified atom stereocenters. The van der Waals surface area contributed by atoms with Gasteiger partial charge in [-0.2, -0.15) is 23.4 Å². The lowest BCUT2D eigenvalue weighted by molar-refractivity contribution is -0.144. The van der Waals surface area contributed by atoms with Gasteiger partial charge >= 0.3 is 6.18 Å². The summed E-state index contributed by atoms with van der Waals surface area (Å²) in [5.41, 5.74) is 6.09. The van der Waals surface area contributed by atoms with Crippen molar-refractivity contribution in [2.75, 3.05) is 55.2 Å². The Bertz CT molecular complexity index is 3680. The molecule has 7 amide bonds. The fourth-order valence-corrected chi connectivity index (χ4v) is 11.7. The minimum absolute atomic E-state index is 0.0102. The molecule has 0 spiro atoms. The molecule has 2 saturated heterocycles. The molecule has 5 heterocycles. The van der Waals surface area contributed by atoms with Gasteiger partial charge in [-0.1, -0.05) is 57.2 Å². The number of H-pyrrole nitrogens is 1. The van der Waals surface area contributed by atoms with Crippen LogP contribution in [-0.2, 0) is 48.0 Å². The van der Waals surface area contributed by atoms with Crippen LogP contribution in [0.5, 0.6) is 0 Å². The number of piperazine rings is 1. The maximum Gasteiger partial charge on any atom is 0.416 e. The van der Waals surface area contributed by atoms with Crippen molar-refractivity contribution < 1.29 is 51.8 Å². The first kappa shape index (κ1) is 64.7. The molecule has 3 aromatic heterocycles. The van der Waals surface area contributed by atoms with E-state index >= 15 is 0 Å². The standard InChI is InChI=1S/C64H74F3N13O8S/c1-39-13-21-47(31-50(39)64(65,66)67)72-55(84)37-79-35-45(34-70-79)44-20-24-49-51(30-44)75-76-59(49)74-60(86)43-18-22-46(23-19-43)71-53(82)10-6-7-12-56(85)78-28-26-77(27-29-78)25-9-8-11-54(83)73-58(63(3,4)5)62(88)80-36-48(81)32-52(80)61(87)68-33-41-14-16-42(17-15-41)57-40(2)69-38-89-57/h13-24,30-31,34-35,38,48,52,58,81H,6-12,25-29,32-33,36-37H2,1-5H3,(H,68,87)(H,71,82)(H,72,84)(H,73,83)(H2,74,75,76,86)/t48-,52+,58-/m1/s1. The van der Waals surface area contributed by atoms with Crippen molar-refractivity contribution in [2.24, 2.45) is 5.41 Å². The van der Waals surface area contributed by atoms with Crippen LogP contribution < -0.4 is 26.6 Å². The first-order chi connectivity index (χ1) is 42.4. The SMILES string of the molecule is Cc1ccc(NC(=O)Cn2cc(-c3ccc4c(NC(=O)c5ccc(NC(=O)CCCCC(=O)N6CCN(CCCCC(=O)N[C@H](C(=O)N7C[C@H](O)C[C@H]7C(=O)NCc7ccc(-c8scnc8C)cc7)C(C)(C)C)CC6)cc5)n[nH]c4c3)cn2)cc1C(F)(F)F. The summed E-state index contributed by atoms with van der Waals surface area (Å²) in [6.45, 7) is 12.2. The Balaban J connectivity index is 0.631. The molecule has 2 fully saturated rings. The molecule has 7 aromatic rings. The van der Waals surface area contributed by atoms with Crippen LogP contribution in [0.2, 0.25) is 0 Å². The van der Waals surface area contributed by atoms with E-state index in [-0.39, 0.29) is 73.8 Å². The van der Waals surface area contributed by atoms with Crippen LogP contribution in [0, 0.1) is 19.3 Å². The lowest BCUT2D eigenvalue weighted by atomic mass is 9.85. The number of likely N-dealkylation sites (tertiary alicyclic amines) is 1. The quantitative estimate of drug-likeness (QED) is 0.0297. The number of rotatable bonds is 23. The molecule has 9 rings (SSSR count). The van der Waals surface area contributed by atoms with Gasteiger partial charge in [0.15, 0.2) is 5.82 Å². The molecule has 470 valence electrons. The fourth-order valence-electron chi connectivity index (χ4n) is 10.9. The number of hydrogen-bond donors (Lipinski definition) is 7. The Morgan fingerprint density at radius 2 is 1.45 bits per heavy atom. The molecular weight excluding hydrogens is 1170 g/mol. The predicted molar refractivity (Wildman–Crippen MR) is 332 cm³/mol. The normalized spacial score (nSPS) is 15.8. The van der Waals surface area contributed by atoms with Crippen LogP contribution in [-0.4, -0.2) is 144 Å². The van der Waals surface area contributed by atoms with Crippen molar-refractivity contribution in [3.05, 3.63) is 131 Å². The minimum atomic E-state index is -4.55. The molecule has 0 bridgehead atoms. The number of aryl methyl sites for hydroxylation is 2. The third-order valence-corrected chi connectivity index (χ3v) is 16.9. The van der Waals surface area contributed by atoms with Gasteiger partial charge < -0.3 is 41.5 Å². The number of alkyl halides is 3. The number of aliphatic hydroxyl groups excluding tert-OH is 1. The molecule has 3 atom stereocenters. The highest BCUT2D eigenvalue weighted by molar-refractivity contribution is 7.13. The zero-order valence-electron chi connectivity index (χ0n) is 50.3. The Kier molecular flexibility index (Phi) is 20.8. The van der Waals surface area contributed by atoms with Crippen LogP contribution in [0.15, 0.2) is 103 Å². The zero-order valence-corrected chi connectivity index (χ0v) is 51.2. The summed E-state index contributed by atoms with van der Waals surface area (Å²) < 4.78 is 41.5. The summed E-state index contributed by atoms with van der Waals surface area (Å²) in [4.78, 5) is 104. The molecule has 7 N–H and O–H groups in total. The number of nitrogens with zero attached hydrogens (tertiary/aromatic N) is 7. The van der Waals surface area contributed by atoms with Gasteiger partial charge in [0.1, 0.15) is 18.6 Å². The molecular formula is C64H74F3N13O8S. The molecule has 0 saturated carbocycles. The molecule has 2 aliphatic heterocycles. The Hall–Kier alpha value is -8.81. The Morgan fingerprint density at radius 1 is 0.764 bits per heavy atom. The number of carbonyl (C=O) groups excluding carboxylic acids is 7. The fraction of sp³-hybridized carbons (Fsp3) is 0.406. The highest BCUT2D eigenvalue weighted by Gasteiger charge is 2.44. The number of unbranched alkanes of at least 4 members (excludes halogenated alkanes) is 2. The second kappa shape index (κ2) is 28.6. The van der Waals surface area contributed by atoms with E-state index in [2.05, 4.69) is 51.8 Å². The average molecular weight is 1240 g/mol. The minimum Gasteiger partial charge on any atom is -0.391 e. The van der Waals surface area contributed by atoms with E-state index in [1.165, 1.54) is 28.6 Å². The maximum absolute atomic E-state index is 14.1. The summed E-state index contributed by atoms with van der Waals surface area (Å²) in [5.74, 6) is -1.92. The number of aromatic amines is 1. The summed E-state index contributed by atoms with van der Waals surface area (Å²) >= 11 is 1.57. The maximum atomic E-state index is 14.1.